The van der Waals surface area contributed by atoms with Gasteiger partial charge in [-0.05, 0) is 25.6 Å². The second kappa shape index (κ2) is 6.81. The zero-order valence-corrected chi connectivity index (χ0v) is 12.4. The van der Waals surface area contributed by atoms with Crippen LogP contribution in [-0.4, -0.2) is 60.5 Å². The summed E-state index contributed by atoms with van der Waals surface area (Å²) < 4.78 is 0. The van der Waals surface area contributed by atoms with E-state index in [1.807, 2.05) is 30.2 Å². The minimum absolute atomic E-state index is 0.159. The second-order valence-corrected chi connectivity index (χ2v) is 5.59. The number of rotatable bonds is 4. The topological polar surface area (TPSA) is 62.5 Å². The van der Waals surface area contributed by atoms with E-state index in [1.165, 1.54) is 0 Å². The molecule has 110 valence electrons. The lowest BCUT2D eigenvalue weighted by atomic mass is 10.0. The van der Waals surface area contributed by atoms with Gasteiger partial charge in [0.15, 0.2) is 0 Å². The van der Waals surface area contributed by atoms with Crippen LogP contribution in [0.15, 0.2) is 18.3 Å². The van der Waals surface area contributed by atoms with Crippen molar-refractivity contribution in [2.24, 2.45) is 11.7 Å². The molecule has 1 aliphatic rings. The van der Waals surface area contributed by atoms with Crippen molar-refractivity contribution in [2.75, 3.05) is 39.8 Å². The Morgan fingerprint density at radius 3 is 2.60 bits per heavy atom. The Balaban J connectivity index is 1.97. The van der Waals surface area contributed by atoms with Crippen molar-refractivity contribution in [1.82, 2.24) is 14.8 Å². The fourth-order valence-electron chi connectivity index (χ4n) is 2.43. The molecule has 1 saturated heterocycles. The molecule has 1 atom stereocenters. The molecule has 1 aromatic rings. The first-order valence-corrected chi connectivity index (χ1v) is 7.19. The molecular weight excluding hydrogens is 252 g/mol. The van der Waals surface area contributed by atoms with Gasteiger partial charge in [0.1, 0.15) is 0 Å². The van der Waals surface area contributed by atoms with Gasteiger partial charge in [0, 0.05) is 51.0 Å². The van der Waals surface area contributed by atoms with Crippen LogP contribution in [0.5, 0.6) is 0 Å². The molecule has 1 aliphatic heterocycles. The van der Waals surface area contributed by atoms with Crippen LogP contribution in [0.4, 0.5) is 0 Å². The predicted octanol–water partition coefficient (Wildman–Crippen LogP) is 0.281. The van der Waals surface area contributed by atoms with Crippen LogP contribution in [-0.2, 0) is 11.2 Å². The van der Waals surface area contributed by atoms with E-state index in [4.69, 9.17) is 5.73 Å². The van der Waals surface area contributed by atoms with Gasteiger partial charge >= 0.3 is 0 Å². The molecule has 2 rings (SSSR count). The SMILES string of the molecule is Cc1ccc(CC(CN)C(=O)N2CCN(C)CC2)nc1. The molecule has 2 heterocycles. The highest BCUT2D eigenvalue weighted by Crippen LogP contribution is 2.12. The monoisotopic (exact) mass is 276 g/mol. The minimum Gasteiger partial charge on any atom is -0.340 e. The third-order valence-electron chi connectivity index (χ3n) is 3.88. The number of carbonyl (C=O) groups excluding carboxylic acids is 1. The highest BCUT2D eigenvalue weighted by molar-refractivity contribution is 5.79. The van der Waals surface area contributed by atoms with Crippen LogP contribution in [0.2, 0.25) is 0 Å². The normalized spacial score (nSPS) is 18.1. The van der Waals surface area contributed by atoms with Gasteiger partial charge in [0.05, 0.1) is 5.92 Å². The number of hydrogen-bond donors (Lipinski definition) is 1. The molecule has 1 amide bonds. The van der Waals surface area contributed by atoms with E-state index in [0.717, 1.165) is 37.4 Å². The van der Waals surface area contributed by atoms with Crippen LogP contribution < -0.4 is 5.73 Å². The number of amides is 1. The van der Waals surface area contributed by atoms with E-state index in [1.54, 1.807) is 0 Å². The minimum atomic E-state index is -0.159. The van der Waals surface area contributed by atoms with Crippen LogP contribution >= 0.6 is 0 Å². The fourth-order valence-corrected chi connectivity index (χ4v) is 2.43. The van der Waals surface area contributed by atoms with Gasteiger partial charge in [-0.3, -0.25) is 9.78 Å². The lowest BCUT2D eigenvalue weighted by molar-refractivity contribution is -0.136. The van der Waals surface area contributed by atoms with Gasteiger partial charge < -0.3 is 15.5 Å². The summed E-state index contributed by atoms with van der Waals surface area (Å²) >= 11 is 0. The Labute approximate surface area is 120 Å². The molecule has 20 heavy (non-hydrogen) atoms. The van der Waals surface area contributed by atoms with E-state index in [2.05, 4.69) is 16.9 Å². The number of nitrogens with zero attached hydrogens (tertiary/aromatic N) is 3. The first-order valence-electron chi connectivity index (χ1n) is 7.19. The molecule has 1 fully saturated rings. The maximum Gasteiger partial charge on any atom is 0.227 e. The van der Waals surface area contributed by atoms with Crippen molar-refractivity contribution >= 4 is 5.91 Å². The molecule has 0 aliphatic carbocycles. The maximum absolute atomic E-state index is 12.5. The van der Waals surface area contributed by atoms with Gasteiger partial charge in [-0.2, -0.15) is 0 Å². The number of aryl methyl sites for hydroxylation is 1. The Bertz CT molecular complexity index is 438. The zero-order valence-electron chi connectivity index (χ0n) is 12.4. The first kappa shape index (κ1) is 14.9. The maximum atomic E-state index is 12.5. The van der Waals surface area contributed by atoms with E-state index < -0.39 is 0 Å². The summed E-state index contributed by atoms with van der Waals surface area (Å²) in [6.07, 6.45) is 2.46. The highest BCUT2D eigenvalue weighted by atomic mass is 16.2. The van der Waals surface area contributed by atoms with Crippen molar-refractivity contribution < 1.29 is 4.79 Å². The van der Waals surface area contributed by atoms with Crippen molar-refractivity contribution in [3.05, 3.63) is 29.6 Å². The molecule has 5 nitrogen and oxygen atoms in total. The lowest BCUT2D eigenvalue weighted by Gasteiger charge is -2.34. The average molecular weight is 276 g/mol. The standard InChI is InChI=1S/C15H24N4O/c1-12-3-4-14(17-11-12)9-13(10-16)15(20)19-7-5-18(2)6-8-19/h3-4,11,13H,5-10,16H2,1-2H3. The molecule has 0 saturated carbocycles. The van der Waals surface area contributed by atoms with E-state index in [0.29, 0.717) is 13.0 Å². The molecule has 2 N–H and O–H groups in total. The van der Waals surface area contributed by atoms with Crippen LogP contribution in [0.1, 0.15) is 11.3 Å². The zero-order chi connectivity index (χ0) is 14.5. The summed E-state index contributed by atoms with van der Waals surface area (Å²) in [5, 5.41) is 0. The number of carbonyl (C=O) groups is 1. The molecule has 0 aromatic carbocycles. The Morgan fingerprint density at radius 1 is 1.35 bits per heavy atom. The second-order valence-electron chi connectivity index (χ2n) is 5.59. The molecule has 0 radical (unpaired) electrons. The summed E-state index contributed by atoms with van der Waals surface area (Å²) in [6, 6.07) is 4.01. The van der Waals surface area contributed by atoms with Gasteiger partial charge in [0.25, 0.3) is 0 Å². The summed E-state index contributed by atoms with van der Waals surface area (Å²) in [4.78, 5) is 21.1. The average Bonchev–Trinajstić information content (AvgIpc) is 2.47. The summed E-state index contributed by atoms with van der Waals surface area (Å²) in [5.74, 6) is 0.0107. The third-order valence-corrected chi connectivity index (χ3v) is 3.88. The molecule has 1 unspecified atom stereocenters. The van der Waals surface area contributed by atoms with E-state index in [9.17, 15) is 4.79 Å². The Morgan fingerprint density at radius 2 is 2.05 bits per heavy atom. The number of aromatic nitrogens is 1. The predicted molar refractivity (Wildman–Crippen MR) is 79.3 cm³/mol. The van der Waals surface area contributed by atoms with Gasteiger partial charge in [-0.25, -0.2) is 0 Å². The quantitative estimate of drug-likeness (QED) is 0.858. The van der Waals surface area contributed by atoms with Crippen LogP contribution in [0, 0.1) is 12.8 Å². The molecule has 0 bridgehead atoms. The number of likely N-dealkylation sites (N-methyl/N-ethyl adjacent to an activating group) is 1. The number of nitrogens with two attached hydrogens (primary N) is 1. The molecule has 0 spiro atoms. The van der Waals surface area contributed by atoms with Gasteiger partial charge in [-0.1, -0.05) is 6.07 Å². The smallest absolute Gasteiger partial charge is 0.227 e. The Kier molecular flexibility index (Phi) is 5.09. The third kappa shape index (κ3) is 3.77. The largest absolute Gasteiger partial charge is 0.340 e. The number of piperazine rings is 1. The van der Waals surface area contributed by atoms with Crippen molar-refractivity contribution in [3.63, 3.8) is 0 Å². The highest BCUT2D eigenvalue weighted by Gasteiger charge is 2.26. The van der Waals surface area contributed by atoms with E-state index in [-0.39, 0.29) is 11.8 Å². The molecular formula is C15H24N4O. The van der Waals surface area contributed by atoms with Gasteiger partial charge in [0.2, 0.25) is 5.91 Å². The molecule has 1 aromatic heterocycles. The van der Waals surface area contributed by atoms with Crippen molar-refractivity contribution in [3.8, 4) is 0 Å². The van der Waals surface area contributed by atoms with Gasteiger partial charge in [-0.15, -0.1) is 0 Å². The van der Waals surface area contributed by atoms with Crippen molar-refractivity contribution in [2.45, 2.75) is 13.3 Å². The number of hydrogen-bond acceptors (Lipinski definition) is 4. The van der Waals surface area contributed by atoms with E-state index >= 15 is 0 Å². The fraction of sp³-hybridized carbons (Fsp3) is 0.600. The molecule has 5 heteroatoms. The summed E-state index contributed by atoms with van der Waals surface area (Å²) in [5.41, 5.74) is 7.87. The van der Waals surface area contributed by atoms with Crippen LogP contribution in [0.25, 0.3) is 0 Å². The van der Waals surface area contributed by atoms with Crippen LogP contribution in [0.3, 0.4) is 0 Å². The Hall–Kier alpha value is -1.46. The number of pyridine rings is 1. The lowest BCUT2D eigenvalue weighted by Crippen LogP contribution is -2.50. The summed E-state index contributed by atoms with van der Waals surface area (Å²) in [7, 11) is 2.08. The summed E-state index contributed by atoms with van der Waals surface area (Å²) in [6.45, 7) is 5.85. The first-order chi connectivity index (χ1) is 9.60. The van der Waals surface area contributed by atoms with Crippen molar-refractivity contribution in [1.29, 1.82) is 0 Å².